The summed E-state index contributed by atoms with van der Waals surface area (Å²) in [6.45, 7) is 0.803. The van der Waals surface area contributed by atoms with Crippen LogP contribution in [0.4, 0.5) is 0 Å². The third-order valence-electron chi connectivity index (χ3n) is 3.47. The van der Waals surface area contributed by atoms with Crippen LogP contribution in [0.2, 0.25) is 0 Å². The molecule has 0 unspecified atom stereocenters. The van der Waals surface area contributed by atoms with Crippen molar-refractivity contribution >= 4 is 11.9 Å². The Morgan fingerprint density at radius 3 is 2.80 bits per heavy atom. The first kappa shape index (κ1) is 13.1. The molecule has 2 aliphatic rings. The fraction of sp³-hybridized carbons (Fsp3) is 0.429. The lowest BCUT2D eigenvalue weighted by molar-refractivity contribution is -0.173. The predicted molar refractivity (Wildman–Crippen MR) is 67.4 cm³/mol. The zero-order valence-corrected chi connectivity index (χ0v) is 11.0. The third kappa shape index (κ3) is 2.28. The van der Waals surface area contributed by atoms with Gasteiger partial charge in [-0.05, 0) is 5.56 Å². The van der Waals surface area contributed by atoms with Gasteiger partial charge >= 0.3 is 5.97 Å². The summed E-state index contributed by atoms with van der Waals surface area (Å²) in [6, 6.07) is 9.66. The molecule has 1 aromatic carbocycles. The van der Waals surface area contributed by atoms with E-state index < -0.39 is 24.5 Å². The van der Waals surface area contributed by atoms with E-state index in [0.29, 0.717) is 13.1 Å². The van der Waals surface area contributed by atoms with Crippen molar-refractivity contribution < 1.29 is 23.8 Å². The van der Waals surface area contributed by atoms with Crippen molar-refractivity contribution in [2.24, 2.45) is 0 Å². The van der Waals surface area contributed by atoms with Crippen LogP contribution in [0, 0.1) is 0 Å². The molecule has 0 radical (unpaired) electrons. The van der Waals surface area contributed by atoms with Gasteiger partial charge in [0.1, 0.15) is 6.10 Å². The Bertz CT molecular complexity index is 518. The molecular formula is C14H15NO5. The molecule has 2 saturated heterocycles. The zero-order chi connectivity index (χ0) is 14.1. The summed E-state index contributed by atoms with van der Waals surface area (Å²) in [4.78, 5) is 25.4. The minimum atomic E-state index is -0.999. The van der Waals surface area contributed by atoms with Gasteiger partial charge in [0, 0.05) is 6.54 Å². The van der Waals surface area contributed by atoms with Crippen molar-refractivity contribution in [2.75, 3.05) is 13.7 Å². The number of amides is 1. The van der Waals surface area contributed by atoms with Gasteiger partial charge in [-0.25, -0.2) is 4.79 Å². The monoisotopic (exact) mass is 277 g/mol. The van der Waals surface area contributed by atoms with Gasteiger partial charge < -0.3 is 19.1 Å². The molecule has 1 amide bonds. The second kappa shape index (κ2) is 5.22. The maximum atomic E-state index is 12.2. The first-order valence-electron chi connectivity index (χ1n) is 6.40. The smallest absolute Gasteiger partial charge is 0.337 e. The first-order valence-corrected chi connectivity index (χ1v) is 6.40. The number of fused-ring (bicyclic) bond motifs is 2. The van der Waals surface area contributed by atoms with Gasteiger partial charge in [-0.2, -0.15) is 0 Å². The summed E-state index contributed by atoms with van der Waals surface area (Å²) in [7, 11) is 1.29. The van der Waals surface area contributed by atoms with Crippen LogP contribution in [0.25, 0.3) is 0 Å². The van der Waals surface area contributed by atoms with Crippen LogP contribution in [0.15, 0.2) is 30.3 Å². The summed E-state index contributed by atoms with van der Waals surface area (Å²) in [6.07, 6.45) is -2.29. The highest BCUT2D eigenvalue weighted by Gasteiger charge is 2.50. The third-order valence-corrected chi connectivity index (χ3v) is 3.47. The van der Waals surface area contributed by atoms with Gasteiger partial charge in [-0.3, -0.25) is 4.79 Å². The Morgan fingerprint density at radius 2 is 2.10 bits per heavy atom. The lowest BCUT2D eigenvalue weighted by Crippen LogP contribution is -2.48. The molecule has 3 atom stereocenters. The van der Waals surface area contributed by atoms with Gasteiger partial charge in [0.15, 0.2) is 6.10 Å². The minimum Gasteiger partial charge on any atom is -0.467 e. The van der Waals surface area contributed by atoms with Crippen LogP contribution in [-0.4, -0.2) is 48.9 Å². The normalized spacial score (nSPS) is 28.6. The van der Waals surface area contributed by atoms with Gasteiger partial charge in [0.05, 0.1) is 13.7 Å². The molecule has 2 heterocycles. The van der Waals surface area contributed by atoms with E-state index in [2.05, 4.69) is 4.74 Å². The highest BCUT2D eigenvalue weighted by atomic mass is 16.8. The van der Waals surface area contributed by atoms with Crippen molar-refractivity contribution in [1.29, 1.82) is 0 Å². The van der Waals surface area contributed by atoms with Crippen molar-refractivity contribution in [3.8, 4) is 0 Å². The van der Waals surface area contributed by atoms with Crippen molar-refractivity contribution in [1.82, 2.24) is 4.90 Å². The topological polar surface area (TPSA) is 65.1 Å². The number of morpholine rings is 1. The molecule has 0 N–H and O–H groups in total. The Balaban J connectivity index is 1.73. The summed E-state index contributed by atoms with van der Waals surface area (Å²) >= 11 is 0. The maximum Gasteiger partial charge on any atom is 0.337 e. The van der Waals surface area contributed by atoms with Crippen molar-refractivity contribution in [3.63, 3.8) is 0 Å². The van der Waals surface area contributed by atoms with Gasteiger partial charge in [-0.1, -0.05) is 30.3 Å². The number of hydrogen-bond donors (Lipinski definition) is 0. The summed E-state index contributed by atoms with van der Waals surface area (Å²) in [5, 5.41) is 0. The van der Waals surface area contributed by atoms with Crippen LogP contribution in [0.3, 0.4) is 0 Å². The van der Waals surface area contributed by atoms with Crippen LogP contribution in [0.5, 0.6) is 0 Å². The molecular weight excluding hydrogens is 262 g/mol. The molecule has 6 nitrogen and oxygen atoms in total. The number of esters is 1. The van der Waals surface area contributed by atoms with Gasteiger partial charge in [0.25, 0.3) is 5.91 Å². The first-order chi connectivity index (χ1) is 9.69. The Labute approximate surface area is 116 Å². The zero-order valence-electron chi connectivity index (χ0n) is 11.0. The fourth-order valence-corrected chi connectivity index (χ4v) is 2.46. The van der Waals surface area contributed by atoms with E-state index >= 15 is 0 Å². The van der Waals surface area contributed by atoms with E-state index in [4.69, 9.17) is 9.47 Å². The van der Waals surface area contributed by atoms with E-state index in [1.807, 2.05) is 30.3 Å². The maximum absolute atomic E-state index is 12.2. The minimum absolute atomic E-state index is 0.253. The quantitative estimate of drug-likeness (QED) is 0.744. The van der Waals surface area contributed by atoms with Crippen molar-refractivity contribution in [3.05, 3.63) is 35.9 Å². The summed E-state index contributed by atoms with van der Waals surface area (Å²) in [5.74, 6) is -0.761. The van der Waals surface area contributed by atoms with Crippen LogP contribution in [0.1, 0.15) is 5.56 Å². The fourth-order valence-electron chi connectivity index (χ4n) is 2.46. The largest absolute Gasteiger partial charge is 0.467 e. The Morgan fingerprint density at radius 1 is 1.35 bits per heavy atom. The highest BCUT2D eigenvalue weighted by molar-refractivity contribution is 5.83. The lowest BCUT2D eigenvalue weighted by atomic mass is 10.1. The molecule has 20 heavy (non-hydrogen) atoms. The van der Waals surface area contributed by atoms with Crippen molar-refractivity contribution in [2.45, 2.75) is 25.0 Å². The van der Waals surface area contributed by atoms with E-state index in [9.17, 15) is 9.59 Å². The average molecular weight is 277 g/mol. The molecule has 0 aliphatic carbocycles. The van der Waals surface area contributed by atoms with Crippen LogP contribution >= 0.6 is 0 Å². The number of benzene rings is 1. The SMILES string of the molecule is COC(=O)[C@@H]1O[C@H]2O[C@H]1CN(Cc1ccccc1)C2=O. The van der Waals surface area contributed by atoms with Gasteiger partial charge in [0.2, 0.25) is 6.29 Å². The van der Waals surface area contributed by atoms with Gasteiger partial charge in [-0.15, -0.1) is 0 Å². The molecule has 3 rings (SSSR count). The number of carbonyl (C=O) groups is 2. The van der Waals surface area contributed by atoms with Crippen LogP contribution in [-0.2, 0) is 30.3 Å². The van der Waals surface area contributed by atoms with E-state index in [1.54, 1.807) is 4.90 Å². The molecule has 2 bridgehead atoms. The number of ether oxygens (including phenoxy) is 3. The molecule has 0 spiro atoms. The average Bonchev–Trinajstić information content (AvgIpc) is 2.84. The van der Waals surface area contributed by atoms with Crippen LogP contribution < -0.4 is 0 Å². The molecule has 106 valence electrons. The standard InChI is InChI=1S/C14H15NO5/c1-18-13(17)11-10-8-15(12(16)14(19-10)20-11)7-9-5-3-2-4-6-9/h2-6,10-11,14H,7-8H2,1H3/t10-,11+,14+/m0/s1. The Hall–Kier alpha value is -1.92. The number of nitrogens with zero attached hydrogens (tertiary/aromatic N) is 1. The molecule has 0 aromatic heterocycles. The second-order valence-electron chi connectivity index (χ2n) is 4.79. The summed E-state index contributed by atoms with van der Waals surface area (Å²) < 4.78 is 15.4. The summed E-state index contributed by atoms with van der Waals surface area (Å²) in [5.41, 5.74) is 1.02. The molecule has 2 fully saturated rings. The number of rotatable bonds is 3. The molecule has 6 heteroatoms. The predicted octanol–water partition coefficient (Wildman–Crippen LogP) is 0.312. The molecule has 2 aliphatic heterocycles. The van der Waals surface area contributed by atoms with E-state index in [-0.39, 0.29) is 5.91 Å². The number of hydrogen-bond acceptors (Lipinski definition) is 5. The Kier molecular flexibility index (Phi) is 3.42. The second-order valence-corrected chi connectivity index (χ2v) is 4.79. The van der Waals surface area contributed by atoms with E-state index in [0.717, 1.165) is 5.56 Å². The number of carbonyl (C=O) groups excluding carboxylic acids is 2. The molecule has 1 aromatic rings. The lowest BCUT2D eigenvalue weighted by Gasteiger charge is -2.30. The molecule has 0 saturated carbocycles. The highest BCUT2D eigenvalue weighted by Crippen LogP contribution is 2.28. The number of methoxy groups -OCH3 is 1. The van der Waals surface area contributed by atoms with E-state index in [1.165, 1.54) is 7.11 Å².